The minimum absolute atomic E-state index is 0. The third-order valence-electron chi connectivity index (χ3n) is 5.57. The molecule has 9 heteroatoms. The molecule has 31 heavy (non-hydrogen) atoms. The number of piperazine rings is 1. The molecule has 2 N–H and O–H groups in total. The lowest BCUT2D eigenvalue weighted by Gasteiger charge is -2.36. The van der Waals surface area contributed by atoms with Crippen LogP contribution in [-0.2, 0) is 17.7 Å². The van der Waals surface area contributed by atoms with Crippen molar-refractivity contribution in [1.29, 1.82) is 0 Å². The van der Waals surface area contributed by atoms with E-state index < -0.39 is 6.10 Å². The maximum Gasteiger partial charge on any atom is 0.409 e. The molecule has 1 fully saturated rings. The molecule has 3 rings (SSSR count). The van der Waals surface area contributed by atoms with Crippen molar-refractivity contribution >= 4 is 36.0 Å². The number of fused-ring (bicyclic) bond motifs is 1. The summed E-state index contributed by atoms with van der Waals surface area (Å²) in [6, 6.07) is 8.53. The van der Waals surface area contributed by atoms with Gasteiger partial charge >= 0.3 is 6.09 Å². The minimum Gasteiger partial charge on any atom is -0.450 e. The molecular weight excluding hydrogens is 509 g/mol. The second kappa shape index (κ2) is 13.1. The SMILES string of the molecule is CCNC(=NCC(O)CN1CCc2ccccc2C1)N1CCN(C(=O)OCC)CC1.I. The number of nitrogens with one attached hydrogen (secondary N) is 1. The number of ether oxygens (including phenoxy) is 1. The molecule has 0 saturated carbocycles. The zero-order valence-electron chi connectivity index (χ0n) is 18.6. The van der Waals surface area contributed by atoms with Crippen LogP contribution in [-0.4, -0.2) is 96.9 Å². The number of rotatable bonds is 6. The van der Waals surface area contributed by atoms with E-state index in [1.165, 1.54) is 11.1 Å². The summed E-state index contributed by atoms with van der Waals surface area (Å²) in [5, 5.41) is 13.9. The molecule has 2 aliphatic heterocycles. The lowest BCUT2D eigenvalue weighted by Crippen LogP contribution is -2.54. The van der Waals surface area contributed by atoms with Gasteiger partial charge in [0, 0.05) is 52.4 Å². The number of halogens is 1. The van der Waals surface area contributed by atoms with Gasteiger partial charge in [0.1, 0.15) is 0 Å². The normalized spacial score (nSPS) is 18.1. The number of aliphatic hydroxyl groups excluding tert-OH is 1. The first kappa shape index (κ1) is 25.7. The fourth-order valence-corrected chi connectivity index (χ4v) is 4.00. The molecule has 8 nitrogen and oxygen atoms in total. The van der Waals surface area contributed by atoms with Crippen LogP contribution in [0.5, 0.6) is 0 Å². The standard InChI is InChI=1S/C22H35N5O3.HI/c1-3-23-21(26-11-13-27(14-12-26)22(29)30-4-2)24-15-20(28)17-25-10-9-18-7-5-6-8-19(18)16-25;/h5-8,20,28H,3-4,9-17H2,1-2H3,(H,23,24);1H. The molecule has 0 aliphatic carbocycles. The molecular formula is C22H36IN5O3. The highest BCUT2D eigenvalue weighted by Crippen LogP contribution is 2.18. The van der Waals surface area contributed by atoms with Crippen LogP contribution in [0.1, 0.15) is 25.0 Å². The molecule has 0 bridgehead atoms. The highest BCUT2D eigenvalue weighted by Gasteiger charge is 2.24. The van der Waals surface area contributed by atoms with Crippen LogP contribution < -0.4 is 5.32 Å². The fourth-order valence-electron chi connectivity index (χ4n) is 4.00. The summed E-state index contributed by atoms with van der Waals surface area (Å²) < 4.78 is 5.08. The van der Waals surface area contributed by atoms with Crippen LogP contribution in [0.4, 0.5) is 4.79 Å². The molecule has 1 atom stereocenters. The van der Waals surface area contributed by atoms with E-state index in [0.717, 1.165) is 32.0 Å². The smallest absolute Gasteiger partial charge is 0.409 e. The first-order valence-electron chi connectivity index (χ1n) is 11.0. The van der Waals surface area contributed by atoms with E-state index in [2.05, 4.69) is 44.4 Å². The molecule has 0 aromatic heterocycles. The summed E-state index contributed by atoms with van der Waals surface area (Å²) in [7, 11) is 0. The summed E-state index contributed by atoms with van der Waals surface area (Å²) in [5.41, 5.74) is 2.77. The molecule has 0 spiro atoms. The molecule has 2 heterocycles. The summed E-state index contributed by atoms with van der Waals surface area (Å²) >= 11 is 0. The van der Waals surface area contributed by atoms with Gasteiger partial charge in [-0.25, -0.2) is 4.79 Å². The van der Waals surface area contributed by atoms with Crippen LogP contribution in [0, 0.1) is 0 Å². The number of amides is 1. The quantitative estimate of drug-likeness (QED) is 0.322. The van der Waals surface area contributed by atoms with Crippen molar-refractivity contribution in [2.75, 3.05) is 59.0 Å². The average molecular weight is 545 g/mol. The van der Waals surface area contributed by atoms with E-state index in [1.807, 2.05) is 13.8 Å². The number of aliphatic hydroxyl groups is 1. The molecule has 1 saturated heterocycles. The van der Waals surface area contributed by atoms with E-state index in [4.69, 9.17) is 4.74 Å². The molecule has 1 amide bonds. The summed E-state index contributed by atoms with van der Waals surface area (Å²) in [4.78, 5) is 22.7. The van der Waals surface area contributed by atoms with Gasteiger partial charge in [-0.2, -0.15) is 0 Å². The third-order valence-corrected chi connectivity index (χ3v) is 5.57. The summed E-state index contributed by atoms with van der Waals surface area (Å²) in [6.07, 6.45) is 0.266. The maximum absolute atomic E-state index is 11.9. The number of carbonyl (C=O) groups is 1. The Morgan fingerprint density at radius 2 is 1.81 bits per heavy atom. The van der Waals surface area contributed by atoms with Gasteiger partial charge in [0.25, 0.3) is 0 Å². The Hall–Kier alpha value is -1.59. The highest BCUT2D eigenvalue weighted by atomic mass is 127. The van der Waals surface area contributed by atoms with E-state index >= 15 is 0 Å². The number of aliphatic imine (C=N–C) groups is 1. The first-order chi connectivity index (χ1) is 14.6. The van der Waals surface area contributed by atoms with Gasteiger partial charge in [-0.3, -0.25) is 9.89 Å². The van der Waals surface area contributed by atoms with E-state index in [-0.39, 0.29) is 30.1 Å². The zero-order chi connectivity index (χ0) is 21.3. The minimum atomic E-state index is -0.510. The predicted octanol–water partition coefficient (Wildman–Crippen LogP) is 1.76. The summed E-state index contributed by atoms with van der Waals surface area (Å²) in [6.45, 7) is 10.4. The molecule has 2 aliphatic rings. The van der Waals surface area contributed by atoms with E-state index in [1.54, 1.807) is 4.90 Å². The molecule has 0 radical (unpaired) electrons. The van der Waals surface area contributed by atoms with Crippen LogP contribution in [0.2, 0.25) is 0 Å². The average Bonchev–Trinajstić information content (AvgIpc) is 2.77. The Bertz CT molecular complexity index is 725. The number of benzene rings is 1. The Kier molecular flexibility index (Phi) is 10.8. The second-order valence-electron chi connectivity index (χ2n) is 7.78. The number of β-amino-alcohol motifs (C(OH)–C–C–N with tert-alkyl or cyclic N) is 1. The van der Waals surface area contributed by atoms with Crippen LogP contribution in [0.3, 0.4) is 0 Å². The largest absolute Gasteiger partial charge is 0.450 e. The van der Waals surface area contributed by atoms with Crippen molar-refractivity contribution in [1.82, 2.24) is 20.0 Å². The number of guanidine groups is 1. The van der Waals surface area contributed by atoms with Gasteiger partial charge in [-0.05, 0) is 31.4 Å². The number of nitrogens with zero attached hydrogens (tertiary/aromatic N) is 4. The zero-order valence-corrected chi connectivity index (χ0v) is 21.0. The van der Waals surface area contributed by atoms with Crippen LogP contribution in [0.25, 0.3) is 0 Å². The first-order valence-corrected chi connectivity index (χ1v) is 11.0. The maximum atomic E-state index is 11.9. The van der Waals surface area contributed by atoms with Crippen LogP contribution >= 0.6 is 24.0 Å². The Morgan fingerprint density at radius 1 is 1.13 bits per heavy atom. The topological polar surface area (TPSA) is 80.6 Å². The van der Waals surface area contributed by atoms with Gasteiger partial charge in [0.2, 0.25) is 0 Å². The van der Waals surface area contributed by atoms with Crippen molar-refractivity contribution in [2.45, 2.75) is 32.9 Å². The predicted molar refractivity (Wildman–Crippen MR) is 133 cm³/mol. The molecule has 174 valence electrons. The van der Waals surface area contributed by atoms with Crippen molar-refractivity contribution < 1.29 is 14.6 Å². The second-order valence-corrected chi connectivity index (χ2v) is 7.78. The lowest BCUT2D eigenvalue weighted by atomic mass is 10.00. The van der Waals surface area contributed by atoms with Gasteiger partial charge in [-0.15, -0.1) is 24.0 Å². The van der Waals surface area contributed by atoms with Gasteiger partial charge in [0.05, 0.1) is 19.3 Å². The van der Waals surface area contributed by atoms with Gasteiger partial charge in [-0.1, -0.05) is 24.3 Å². The number of hydrogen-bond acceptors (Lipinski definition) is 5. The Labute approximate surface area is 202 Å². The number of hydrogen-bond donors (Lipinski definition) is 2. The molecule has 1 aromatic rings. The van der Waals surface area contributed by atoms with Crippen LogP contribution in [0.15, 0.2) is 29.3 Å². The van der Waals surface area contributed by atoms with E-state index in [0.29, 0.717) is 45.9 Å². The lowest BCUT2D eigenvalue weighted by molar-refractivity contribution is 0.0912. The van der Waals surface area contributed by atoms with Crippen molar-refractivity contribution in [3.8, 4) is 0 Å². The van der Waals surface area contributed by atoms with Gasteiger partial charge in [0.15, 0.2) is 5.96 Å². The fraction of sp³-hybridized carbons (Fsp3) is 0.636. The van der Waals surface area contributed by atoms with E-state index in [9.17, 15) is 9.90 Å². The molecule has 1 unspecified atom stereocenters. The summed E-state index contributed by atoms with van der Waals surface area (Å²) in [5.74, 6) is 0.795. The monoisotopic (exact) mass is 545 g/mol. The Morgan fingerprint density at radius 3 is 2.48 bits per heavy atom. The van der Waals surface area contributed by atoms with Gasteiger partial charge < -0.3 is 25.0 Å². The number of carbonyl (C=O) groups excluding carboxylic acids is 1. The molecule has 1 aromatic carbocycles. The Balaban J connectivity index is 0.00000341. The van der Waals surface area contributed by atoms with Crippen molar-refractivity contribution in [3.63, 3.8) is 0 Å². The third kappa shape index (κ3) is 7.50. The highest BCUT2D eigenvalue weighted by molar-refractivity contribution is 14.0. The van der Waals surface area contributed by atoms with Crippen molar-refractivity contribution in [3.05, 3.63) is 35.4 Å². The van der Waals surface area contributed by atoms with Crippen molar-refractivity contribution in [2.24, 2.45) is 4.99 Å².